The molecule has 0 atom stereocenters. The van der Waals surface area contributed by atoms with Crippen LogP contribution >= 0.6 is 0 Å². The number of halogens is 1. The van der Waals surface area contributed by atoms with Crippen LogP contribution in [0.3, 0.4) is 0 Å². The summed E-state index contributed by atoms with van der Waals surface area (Å²) in [6.07, 6.45) is 12.0. The molecule has 8 heteroatoms. The van der Waals surface area contributed by atoms with Crippen molar-refractivity contribution in [1.82, 2.24) is 19.4 Å². The zero-order chi connectivity index (χ0) is 24.6. The molecule has 0 bridgehead atoms. The number of likely N-dealkylation sites (tertiary alicyclic amines) is 1. The highest BCUT2D eigenvalue weighted by Gasteiger charge is 2.20. The second-order valence-electron chi connectivity index (χ2n) is 9.13. The molecule has 2 aromatic carbocycles. The highest BCUT2D eigenvalue weighted by atomic mass is 35.5. The molecule has 0 aliphatic carbocycles. The van der Waals surface area contributed by atoms with Crippen LogP contribution in [-0.2, 0) is 0 Å². The Bertz CT molecular complexity index is 1100. The van der Waals surface area contributed by atoms with Crippen molar-refractivity contribution in [3.05, 3.63) is 96.2 Å². The summed E-state index contributed by atoms with van der Waals surface area (Å²) in [5.74, 6) is 2.63. The largest absolute Gasteiger partial charge is 1.00 e. The third-order valence-corrected chi connectivity index (χ3v) is 5.96. The molecule has 0 spiro atoms. The summed E-state index contributed by atoms with van der Waals surface area (Å²) in [6.45, 7) is 2.17. The molecule has 1 saturated heterocycles. The van der Waals surface area contributed by atoms with Gasteiger partial charge in [-0.05, 0) is 19.3 Å². The van der Waals surface area contributed by atoms with Crippen LogP contribution in [0.2, 0.25) is 0 Å². The lowest BCUT2D eigenvalue weighted by molar-refractivity contribution is -0.680. The number of hydrogen-bond acceptors (Lipinski definition) is 3. The van der Waals surface area contributed by atoms with Crippen LogP contribution in [-0.4, -0.2) is 72.3 Å². The Balaban J connectivity index is 0.00000361. The normalized spacial score (nSPS) is 14.6. The molecule has 0 radical (unpaired) electrons. The Kier molecular flexibility index (Phi) is 9.70. The number of nitrogens with zero attached hydrogens (tertiary/aromatic N) is 7. The van der Waals surface area contributed by atoms with Gasteiger partial charge in [-0.2, -0.15) is 0 Å². The van der Waals surface area contributed by atoms with E-state index < -0.39 is 0 Å². The molecule has 7 nitrogen and oxygen atoms in total. The number of amidine groups is 2. The minimum Gasteiger partial charge on any atom is -1.00 e. The van der Waals surface area contributed by atoms with Crippen LogP contribution in [0.5, 0.6) is 0 Å². The summed E-state index contributed by atoms with van der Waals surface area (Å²) in [5, 5.41) is 10.0. The van der Waals surface area contributed by atoms with Gasteiger partial charge in [0, 0.05) is 64.7 Å². The van der Waals surface area contributed by atoms with E-state index in [4.69, 9.17) is 10.2 Å². The molecule has 0 N–H and O–H groups in total. The van der Waals surface area contributed by atoms with Crippen molar-refractivity contribution >= 4 is 17.7 Å². The van der Waals surface area contributed by atoms with Crippen molar-refractivity contribution < 1.29 is 17.1 Å². The predicted molar refractivity (Wildman–Crippen MR) is 143 cm³/mol. The molecule has 4 rings (SSSR count). The zero-order valence-corrected chi connectivity index (χ0v) is 22.4. The molecular formula is C28H36ClN7. The summed E-state index contributed by atoms with van der Waals surface area (Å²) in [7, 11) is 8.07. The van der Waals surface area contributed by atoms with Crippen LogP contribution in [0.25, 0.3) is 6.08 Å². The van der Waals surface area contributed by atoms with Gasteiger partial charge in [-0.15, -0.1) is 0 Å². The number of imidazole rings is 1. The van der Waals surface area contributed by atoms with Gasteiger partial charge in [-0.25, -0.2) is 0 Å². The monoisotopic (exact) mass is 505 g/mol. The molecule has 1 aliphatic rings. The minimum absolute atomic E-state index is 0. The van der Waals surface area contributed by atoms with Crippen molar-refractivity contribution in [1.29, 1.82) is 0 Å². The van der Waals surface area contributed by atoms with Gasteiger partial charge in [0.15, 0.2) is 24.1 Å². The zero-order valence-electron chi connectivity index (χ0n) is 21.6. The van der Waals surface area contributed by atoms with E-state index in [1.54, 1.807) is 0 Å². The van der Waals surface area contributed by atoms with Crippen molar-refractivity contribution in [2.75, 3.05) is 41.3 Å². The molecule has 0 unspecified atom stereocenters. The van der Waals surface area contributed by atoms with E-state index in [0.717, 1.165) is 41.7 Å². The van der Waals surface area contributed by atoms with Gasteiger partial charge in [0.1, 0.15) is 0 Å². The molecule has 36 heavy (non-hydrogen) atoms. The molecule has 1 fully saturated rings. The van der Waals surface area contributed by atoms with Gasteiger partial charge in [0.25, 0.3) is 0 Å². The first kappa shape index (κ1) is 27.0. The molecule has 3 aromatic rings. The summed E-state index contributed by atoms with van der Waals surface area (Å²) < 4.78 is 3.81. The molecule has 190 valence electrons. The van der Waals surface area contributed by atoms with Gasteiger partial charge in [-0.3, -0.25) is 0 Å². The van der Waals surface area contributed by atoms with Gasteiger partial charge in [-0.1, -0.05) is 80.2 Å². The molecule has 2 heterocycles. The summed E-state index contributed by atoms with van der Waals surface area (Å²) in [6, 6.07) is 20.5. The Morgan fingerprint density at radius 3 is 1.92 bits per heavy atom. The van der Waals surface area contributed by atoms with Crippen LogP contribution in [0.15, 0.2) is 89.5 Å². The lowest BCUT2D eigenvalue weighted by Gasteiger charge is -2.24. The Hall–Kier alpha value is -3.58. The van der Waals surface area contributed by atoms with E-state index in [2.05, 4.69) is 41.4 Å². The molecule has 0 saturated carbocycles. The standard InChI is InChI=1S/C28H36N7.ClH/c1-31(2)27(24-14-8-5-9-15-24)29-34-22-23-35(26(34)18-21-33-19-12-7-13-20-33)30-28(32(3)4)25-16-10-6-11-17-25;/h5-6,8-11,14-18,21-23H,7,12-13,19-20H2,1-4H3;1H/q+1;/p-1. The maximum Gasteiger partial charge on any atom is 0.334 e. The lowest BCUT2D eigenvalue weighted by atomic mass is 10.1. The predicted octanol–water partition coefficient (Wildman–Crippen LogP) is 0.779. The first-order chi connectivity index (χ1) is 17.0. The fraction of sp³-hybridized carbons (Fsp3) is 0.321. The molecular weight excluding hydrogens is 470 g/mol. The second-order valence-corrected chi connectivity index (χ2v) is 9.13. The summed E-state index contributed by atoms with van der Waals surface area (Å²) in [4.78, 5) is 6.46. The van der Waals surface area contributed by atoms with Crippen molar-refractivity contribution in [2.24, 2.45) is 10.2 Å². The molecule has 0 amide bonds. The minimum atomic E-state index is 0. The van der Waals surface area contributed by atoms with Gasteiger partial charge in [0.05, 0.1) is 0 Å². The van der Waals surface area contributed by atoms with E-state index in [9.17, 15) is 0 Å². The SMILES string of the molecule is CN(C)C(=Nn1cc[n+](N=C(c2ccccc2)N(C)C)c1C=CN1CCCCC1)c1ccccc1.[Cl-]. The summed E-state index contributed by atoms with van der Waals surface area (Å²) >= 11 is 0. The maximum absolute atomic E-state index is 5.02. The van der Waals surface area contributed by atoms with E-state index in [-0.39, 0.29) is 12.4 Å². The number of hydrogen-bond donors (Lipinski definition) is 0. The van der Waals surface area contributed by atoms with Crippen molar-refractivity contribution in [3.8, 4) is 0 Å². The second kappa shape index (κ2) is 12.9. The van der Waals surface area contributed by atoms with Gasteiger partial charge in [0.2, 0.25) is 0 Å². The number of rotatable bonds is 6. The Morgan fingerprint density at radius 1 is 0.806 bits per heavy atom. The number of aromatic nitrogens is 2. The van der Waals surface area contributed by atoms with E-state index in [1.807, 2.05) is 96.1 Å². The van der Waals surface area contributed by atoms with Gasteiger partial charge < -0.3 is 27.1 Å². The topological polar surface area (TPSA) is 43.2 Å². The first-order valence-electron chi connectivity index (χ1n) is 12.2. The third kappa shape index (κ3) is 6.76. The van der Waals surface area contributed by atoms with Crippen LogP contribution in [0, 0.1) is 0 Å². The fourth-order valence-corrected chi connectivity index (χ4v) is 4.13. The Labute approximate surface area is 221 Å². The van der Waals surface area contributed by atoms with E-state index in [1.165, 1.54) is 19.3 Å². The van der Waals surface area contributed by atoms with Gasteiger partial charge >= 0.3 is 5.82 Å². The molecule has 1 aliphatic heterocycles. The summed E-state index contributed by atoms with van der Waals surface area (Å²) in [5.41, 5.74) is 2.12. The quantitative estimate of drug-likeness (QED) is 0.282. The first-order valence-corrected chi connectivity index (χ1v) is 12.2. The lowest BCUT2D eigenvalue weighted by Crippen LogP contribution is -3.00. The van der Waals surface area contributed by atoms with Crippen LogP contribution < -0.4 is 17.1 Å². The smallest absolute Gasteiger partial charge is 0.334 e. The highest BCUT2D eigenvalue weighted by Crippen LogP contribution is 2.12. The van der Waals surface area contributed by atoms with Crippen LogP contribution in [0.1, 0.15) is 36.2 Å². The number of piperidine rings is 1. The van der Waals surface area contributed by atoms with E-state index >= 15 is 0 Å². The fourth-order valence-electron chi connectivity index (χ4n) is 4.13. The highest BCUT2D eigenvalue weighted by molar-refractivity contribution is 5.98. The van der Waals surface area contributed by atoms with Crippen molar-refractivity contribution in [3.63, 3.8) is 0 Å². The average molecular weight is 506 g/mol. The number of benzene rings is 2. The Morgan fingerprint density at radius 2 is 1.36 bits per heavy atom. The third-order valence-electron chi connectivity index (χ3n) is 5.96. The maximum atomic E-state index is 5.02. The average Bonchev–Trinajstić information content (AvgIpc) is 3.26. The van der Waals surface area contributed by atoms with Crippen LogP contribution in [0.4, 0.5) is 0 Å². The van der Waals surface area contributed by atoms with E-state index in [0.29, 0.717) is 0 Å². The molecule has 1 aromatic heterocycles. The van der Waals surface area contributed by atoms with Crippen molar-refractivity contribution in [2.45, 2.75) is 19.3 Å².